The molecule has 2 heterocycles. The van der Waals surface area contributed by atoms with Crippen molar-refractivity contribution in [3.63, 3.8) is 0 Å². The quantitative estimate of drug-likeness (QED) is 0.462. The van der Waals surface area contributed by atoms with Crippen LogP contribution in [0, 0.1) is 19.7 Å². The lowest BCUT2D eigenvalue weighted by Crippen LogP contribution is -2.20. The summed E-state index contributed by atoms with van der Waals surface area (Å²) in [4.78, 5) is 29.0. The molecule has 33 heavy (non-hydrogen) atoms. The first-order valence-electron chi connectivity index (χ1n) is 10.3. The van der Waals surface area contributed by atoms with E-state index >= 15 is 0 Å². The van der Waals surface area contributed by atoms with E-state index in [4.69, 9.17) is 9.47 Å². The van der Waals surface area contributed by atoms with Gasteiger partial charge in [-0.15, -0.1) is 0 Å². The Morgan fingerprint density at radius 1 is 1.03 bits per heavy atom. The number of carbonyl (C=O) groups excluding carboxylic acids is 1. The SMILES string of the molecule is Cc1ccn2c(=O)cc(COc3cc(NC(=O)COc4ccccc4F)ccc3C)nc2c1. The van der Waals surface area contributed by atoms with Crippen LogP contribution in [0.3, 0.4) is 0 Å². The van der Waals surface area contributed by atoms with Crippen molar-refractivity contribution < 1.29 is 18.7 Å². The molecular weight excluding hydrogens is 425 g/mol. The molecule has 0 aliphatic rings. The number of hydrogen-bond donors (Lipinski definition) is 1. The molecule has 2 aromatic carbocycles. The third-order valence-electron chi connectivity index (χ3n) is 4.92. The molecule has 0 aliphatic carbocycles. The van der Waals surface area contributed by atoms with Gasteiger partial charge in [-0.05, 0) is 55.3 Å². The van der Waals surface area contributed by atoms with Crippen LogP contribution >= 0.6 is 0 Å². The summed E-state index contributed by atoms with van der Waals surface area (Å²) < 4.78 is 26.2. The minimum absolute atomic E-state index is 0.00885. The average Bonchev–Trinajstić information content (AvgIpc) is 2.78. The lowest BCUT2D eigenvalue weighted by molar-refractivity contribution is -0.118. The fraction of sp³-hybridized carbons (Fsp3) is 0.160. The van der Waals surface area contributed by atoms with Gasteiger partial charge in [-0.2, -0.15) is 0 Å². The number of rotatable bonds is 7. The Morgan fingerprint density at radius 3 is 2.67 bits per heavy atom. The molecule has 0 saturated heterocycles. The highest BCUT2D eigenvalue weighted by atomic mass is 19.1. The summed E-state index contributed by atoms with van der Waals surface area (Å²) in [5.74, 6) is -0.426. The number of halogens is 1. The largest absolute Gasteiger partial charge is 0.487 e. The average molecular weight is 447 g/mol. The minimum Gasteiger partial charge on any atom is -0.487 e. The number of nitrogens with one attached hydrogen (secondary N) is 1. The van der Waals surface area contributed by atoms with Gasteiger partial charge in [-0.3, -0.25) is 14.0 Å². The maximum Gasteiger partial charge on any atom is 0.262 e. The number of hydrogen-bond acceptors (Lipinski definition) is 5. The summed E-state index contributed by atoms with van der Waals surface area (Å²) in [5, 5.41) is 2.70. The molecule has 7 nitrogen and oxygen atoms in total. The summed E-state index contributed by atoms with van der Waals surface area (Å²) in [6.07, 6.45) is 1.69. The molecule has 4 aromatic rings. The molecule has 0 spiro atoms. The van der Waals surface area contributed by atoms with E-state index in [9.17, 15) is 14.0 Å². The monoisotopic (exact) mass is 447 g/mol. The fourth-order valence-corrected chi connectivity index (χ4v) is 3.21. The maximum atomic E-state index is 13.6. The van der Waals surface area contributed by atoms with Crippen molar-refractivity contribution in [1.29, 1.82) is 0 Å². The van der Waals surface area contributed by atoms with Crippen LogP contribution in [0.1, 0.15) is 16.8 Å². The predicted octanol–water partition coefficient (Wildman–Crippen LogP) is 4.05. The molecule has 0 aliphatic heterocycles. The molecule has 8 heteroatoms. The van der Waals surface area contributed by atoms with Gasteiger partial charge in [0.15, 0.2) is 18.2 Å². The van der Waals surface area contributed by atoms with Crippen LogP contribution in [0.2, 0.25) is 0 Å². The zero-order valence-electron chi connectivity index (χ0n) is 18.2. The van der Waals surface area contributed by atoms with Crippen LogP contribution in [0.25, 0.3) is 5.65 Å². The van der Waals surface area contributed by atoms with Gasteiger partial charge in [0.25, 0.3) is 11.5 Å². The highest BCUT2D eigenvalue weighted by Gasteiger charge is 2.10. The second-order valence-electron chi connectivity index (χ2n) is 7.55. The number of pyridine rings is 1. The van der Waals surface area contributed by atoms with E-state index in [2.05, 4.69) is 10.3 Å². The summed E-state index contributed by atoms with van der Waals surface area (Å²) >= 11 is 0. The number of nitrogens with zero attached hydrogens (tertiary/aromatic N) is 2. The van der Waals surface area contributed by atoms with E-state index < -0.39 is 11.7 Å². The Hall–Kier alpha value is -4.20. The molecule has 168 valence electrons. The molecule has 4 rings (SSSR count). The van der Waals surface area contributed by atoms with Crippen molar-refractivity contribution in [3.05, 3.63) is 99.9 Å². The number of para-hydroxylation sites is 1. The third kappa shape index (κ3) is 5.35. The van der Waals surface area contributed by atoms with Crippen molar-refractivity contribution in [2.45, 2.75) is 20.5 Å². The second kappa shape index (κ2) is 9.52. The zero-order chi connectivity index (χ0) is 23.4. The Morgan fingerprint density at radius 2 is 1.85 bits per heavy atom. The van der Waals surface area contributed by atoms with Crippen molar-refractivity contribution >= 4 is 17.2 Å². The van der Waals surface area contributed by atoms with Gasteiger partial charge in [-0.25, -0.2) is 9.37 Å². The van der Waals surface area contributed by atoms with Gasteiger partial charge < -0.3 is 14.8 Å². The van der Waals surface area contributed by atoms with E-state index in [1.807, 2.05) is 26.0 Å². The number of aryl methyl sites for hydroxylation is 2. The van der Waals surface area contributed by atoms with Crippen LogP contribution in [0.15, 0.2) is 71.7 Å². The summed E-state index contributed by atoms with van der Waals surface area (Å²) in [7, 11) is 0. The normalized spacial score (nSPS) is 10.8. The fourth-order valence-electron chi connectivity index (χ4n) is 3.21. The molecular formula is C25H22FN3O4. The molecule has 0 atom stereocenters. The molecule has 1 N–H and O–H groups in total. The minimum atomic E-state index is -0.534. The zero-order valence-corrected chi connectivity index (χ0v) is 18.2. The van der Waals surface area contributed by atoms with Gasteiger partial charge in [0.05, 0.1) is 5.69 Å². The van der Waals surface area contributed by atoms with Gasteiger partial charge in [-0.1, -0.05) is 18.2 Å². The van der Waals surface area contributed by atoms with Crippen molar-refractivity contribution in [2.24, 2.45) is 0 Å². The Labute approximate surface area is 189 Å². The smallest absolute Gasteiger partial charge is 0.262 e. The first kappa shape index (κ1) is 22.0. The van der Waals surface area contributed by atoms with Crippen LogP contribution in [0.4, 0.5) is 10.1 Å². The Kier molecular flexibility index (Phi) is 6.35. The molecule has 0 saturated carbocycles. The van der Waals surface area contributed by atoms with Crippen LogP contribution in [-0.4, -0.2) is 21.9 Å². The van der Waals surface area contributed by atoms with Crippen LogP contribution in [-0.2, 0) is 11.4 Å². The van der Waals surface area contributed by atoms with Crippen molar-refractivity contribution in [2.75, 3.05) is 11.9 Å². The lowest BCUT2D eigenvalue weighted by atomic mass is 10.2. The number of ether oxygens (including phenoxy) is 2. The lowest BCUT2D eigenvalue weighted by Gasteiger charge is -2.12. The maximum absolute atomic E-state index is 13.6. The van der Waals surface area contributed by atoms with Crippen molar-refractivity contribution in [1.82, 2.24) is 9.38 Å². The van der Waals surface area contributed by atoms with E-state index in [0.29, 0.717) is 22.8 Å². The number of amides is 1. The Bertz CT molecular complexity index is 1380. The van der Waals surface area contributed by atoms with E-state index in [0.717, 1.165) is 11.1 Å². The summed E-state index contributed by atoms with van der Waals surface area (Å²) in [6, 6.07) is 16.2. The van der Waals surface area contributed by atoms with Crippen LogP contribution in [0.5, 0.6) is 11.5 Å². The molecule has 0 radical (unpaired) electrons. The highest BCUT2D eigenvalue weighted by molar-refractivity contribution is 5.92. The topological polar surface area (TPSA) is 81.9 Å². The number of benzene rings is 2. The van der Waals surface area contributed by atoms with Crippen molar-refractivity contribution in [3.8, 4) is 11.5 Å². The van der Waals surface area contributed by atoms with Gasteiger partial charge >= 0.3 is 0 Å². The first-order valence-corrected chi connectivity index (χ1v) is 10.3. The summed E-state index contributed by atoms with van der Waals surface area (Å²) in [6.45, 7) is 3.55. The van der Waals surface area contributed by atoms with E-state index in [1.54, 1.807) is 36.5 Å². The number of carbonyl (C=O) groups is 1. The molecule has 0 bridgehead atoms. The molecule has 2 aromatic heterocycles. The molecule has 0 fully saturated rings. The van der Waals surface area contributed by atoms with Gasteiger partial charge in [0, 0.05) is 24.0 Å². The number of fused-ring (bicyclic) bond motifs is 1. The molecule has 0 unspecified atom stereocenters. The van der Waals surface area contributed by atoms with Crippen LogP contribution < -0.4 is 20.3 Å². The second-order valence-corrected chi connectivity index (χ2v) is 7.55. The number of aromatic nitrogens is 2. The van der Waals surface area contributed by atoms with Gasteiger partial charge in [0.2, 0.25) is 0 Å². The number of anilines is 1. The predicted molar refractivity (Wildman–Crippen MR) is 122 cm³/mol. The highest BCUT2D eigenvalue weighted by Crippen LogP contribution is 2.24. The summed E-state index contributed by atoms with van der Waals surface area (Å²) in [5.41, 5.74) is 3.21. The van der Waals surface area contributed by atoms with E-state index in [-0.39, 0.29) is 24.5 Å². The van der Waals surface area contributed by atoms with E-state index in [1.165, 1.54) is 22.6 Å². The standard InChI is InChI=1S/C25H22FN3O4/c1-16-9-10-29-23(11-16)27-19(13-25(29)31)14-32-22-12-18(8-7-17(22)2)28-24(30)15-33-21-6-4-3-5-20(21)26/h3-13H,14-15H2,1-2H3,(H,28,30). The van der Waals surface area contributed by atoms with Gasteiger partial charge in [0.1, 0.15) is 18.0 Å². The third-order valence-corrected chi connectivity index (χ3v) is 4.92. The Balaban J connectivity index is 1.42. The first-order chi connectivity index (χ1) is 15.9. The molecule has 1 amide bonds.